The second-order valence-corrected chi connectivity index (χ2v) is 4.45. The summed E-state index contributed by atoms with van der Waals surface area (Å²) in [5.41, 5.74) is 0. The van der Waals surface area contributed by atoms with Crippen LogP contribution < -0.4 is 5.32 Å². The van der Waals surface area contributed by atoms with Gasteiger partial charge in [0.1, 0.15) is 0 Å². The predicted octanol–water partition coefficient (Wildman–Crippen LogP) is 2.44. The van der Waals surface area contributed by atoms with Gasteiger partial charge in [-0.1, -0.05) is 12.2 Å². The first-order valence-corrected chi connectivity index (χ1v) is 6.46. The molecule has 3 heteroatoms. The summed E-state index contributed by atoms with van der Waals surface area (Å²) in [5.74, 6) is 0.514. The molecule has 96 valence electrons. The van der Waals surface area contributed by atoms with Crippen molar-refractivity contribution < 1.29 is 9.53 Å². The Kier molecular flexibility index (Phi) is 7.39. The number of carbonyl (C=O) groups excluding carboxylic acids is 1. The lowest BCUT2D eigenvalue weighted by Crippen LogP contribution is -2.27. The largest absolute Gasteiger partial charge is 0.381 e. The van der Waals surface area contributed by atoms with Crippen LogP contribution in [-0.2, 0) is 9.53 Å². The van der Waals surface area contributed by atoms with Gasteiger partial charge in [0.05, 0.1) is 6.61 Å². The average Bonchev–Trinajstić information content (AvgIpc) is 2.84. The van der Waals surface area contributed by atoms with Crippen LogP contribution in [0.1, 0.15) is 32.1 Å². The summed E-state index contributed by atoms with van der Waals surface area (Å²) < 4.78 is 5.25. The average molecular weight is 237 g/mol. The van der Waals surface area contributed by atoms with Gasteiger partial charge in [-0.25, -0.2) is 0 Å². The highest BCUT2D eigenvalue weighted by atomic mass is 16.5. The maximum absolute atomic E-state index is 11.4. The van der Waals surface area contributed by atoms with Crippen LogP contribution in [0, 0.1) is 5.92 Å². The van der Waals surface area contributed by atoms with Gasteiger partial charge in [-0.15, -0.1) is 6.58 Å². The van der Waals surface area contributed by atoms with Gasteiger partial charge >= 0.3 is 0 Å². The summed E-state index contributed by atoms with van der Waals surface area (Å²) in [6.45, 7) is 6.03. The Balaban J connectivity index is 1.99. The number of allylic oxidation sites excluding steroid dienone is 2. The molecule has 0 bridgehead atoms. The lowest BCUT2D eigenvalue weighted by Gasteiger charge is -2.07. The van der Waals surface area contributed by atoms with Gasteiger partial charge in [-0.05, 0) is 38.2 Å². The second-order valence-electron chi connectivity index (χ2n) is 4.45. The topological polar surface area (TPSA) is 38.3 Å². The van der Waals surface area contributed by atoms with Crippen molar-refractivity contribution in [2.45, 2.75) is 32.1 Å². The van der Waals surface area contributed by atoms with Crippen LogP contribution in [0.5, 0.6) is 0 Å². The van der Waals surface area contributed by atoms with E-state index in [0.29, 0.717) is 5.92 Å². The highest BCUT2D eigenvalue weighted by Crippen LogP contribution is 2.10. The number of ether oxygens (including phenoxy) is 1. The van der Waals surface area contributed by atoms with E-state index >= 15 is 0 Å². The molecule has 1 saturated heterocycles. The molecule has 1 aliphatic rings. The molecule has 1 rings (SSSR count). The third kappa shape index (κ3) is 6.95. The Bertz CT molecular complexity index is 255. The van der Waals surface area contributed by atoms with Gasteiger partial charge in [0.15, 0.2) is 0 Å². The standard InChI is InChI=1S/C14H23NO2/c1-2-3-4-5-6-7-8-14(16)15-11-13-9-10-17-12-13/h2,7-8,13H,1,3-6,9-12H2,(H,15,16)/b8-7+. The zero-order valence-corrected chi connectivity index (χ0v) is 10.5. The molecular formula is C14H23NO2. The fraction of sp³-hybridized carbons (Fsp3) is 0.643. The first-order chi connectivity index (χ1) is 8.33. The summed E-state index contributed by atoms with van der Waals surface area (Å²) in [4.78, 5) is 11.4. The molecule has 0 radical (unpaired) electrons. The Labute approximate surface area is 104 Å². The number of hydrogen-bond donors (Lipinski definition) is 1. The van der Waals surface area contributed by atoms with E-state index in [0.717, 1.165) is 51.9 Å². The minimum Gasteiger partial charge on any atom is -0.381 e. The van der Waals surface area contributed by atoms with Crippen LogP contribution in [0.2, 0.25) is 0 Å². The third-order valence-corrected chi connectivity index (χ3v) is 2.89. The molecule has 0 aromatic heterocycles. The Hall–Kier alpha value is -1.09. The summed E-state index contributed by atoms with van der Waals surface area (Å²) >= 11 is 0. The smallest absolute Gasteiger partial charge is 0.243 e. The molecule has 17 heavy (non-hydrogen) atoms. The quantitative estimate of drug-likeness (QED) is 0.400. The van der Waals surface area contributed by atoms with Crippen molar-refractivity contribution in [2.24, 2.45) is 5.92 Å². The Morgan fingerprint density at radius 2 is 2.24 bits per heavy atom. The molecule has 1 heterocycles. The zero-order chi connectivity index (χ0) is 12.3. The van der Waals surface area contributed by atoms with Gasteiger partial charge in [0, 0.05) is 19.1 Å². The summed E-state index contributed by atoms with van der Waals surface area (Å²) in [6, 6.07) is 0. The van der Waals surface area contributed by atoms with Crippen molar-refractivity contribution in [3.63, 3.8) is 0 Å². The molecule has 0 spiro atoms. The molecule has 0 aromatic carbocycles. The van der Waals surface area contributed by atoms with Crippen LogP contribution in [0.25, 0.3) is 0 Å². The highest BCUT2D eigenvalue weighted by Gasteiger charge is 2.15. The molecule has 1 unspecified atom stereocenters. The van der Waals surface area contributed by atoms with Crippen molar-refractivity contribution >= 4 is 5.91 Å². The number of unbranched alkanes of at least 4 members (excludes halogenated alkanes) is 3. The first-order valence-electron chi connectivity index (χ1n) is 6.46. The van der Waals surface area contributed by atoms with Crippen molar-refractivity contribution in [1.82, 2.24) is 5.32 Å². The van der Waals surface area contributed by atoms with E-state index in [9.17, 15) is 4.79 Å². The van der Waals surface area contributed by atoms with Gasteiger partial charge in [0.2, 0.25) is 5.91 Å². The minimum atomic E-state index is 0.0145. The monoisotopic (exact) mass is 237 g/mol. The number of nitrogens with one attached hydrogen (secondary N) is 1. The van der Waals surface area contributed by atoms with Crippen molar-refractivity contribution in [3.05, 3.63) is 24.8 Å². The molecule has 3 nitrogen and oxygen atoms in total. The van der Waals surface area contributed by atoms with Gasteiger partial charge in [-0.3, -0.25) is 4.79 Å². The van der Waals surface area contributed by atoms with E-state index in [2.05, 4.69) is 11.9 Å². The fourth-order valence-electron chi connectivity index (χ4n) is 1.79. The first kappa shape index (κ1) is 14.0. The SMILES string of the molecule is C=CCCCC/C=C/C(=O)NCC1CCOC1. The molecule has 1 N–H and O–H groups in total. The number of hydrogen-bond acceptors (Lipinski definition) is 2. The van der Waals surface area contributed by atoms with Gasteiger partial charge in [0.25, 0.3) is 0 Å². The molecule has 1 fully saturated rings. The molecular weight excluding hydrogens is 214 g/mol. The lowest BCUT2D eigenvalue weighted by molar-refractivity contribution is -0.116. The van der Waals surface area contributed by atoms with Crippen LogP contribution in [0.15, 0.2) is 24.8 Å². The van der Waals surface area contributed by atoms with Crippen molar-refractivity contribution in [2.75, 3.05) is 19.8 Å². The second kappa shape index (κ2) is 8.99. The minimum absolute atomic E-state index is 0.0145. The van der Waals surface area contributed by atoms with E-state index in [1.807, 2.05) is 12.2 Å². The van der Waals surface area contributed by atoms with Crippen LogP contribution in [0.3, 0.4) is 0 Å². The molecule has 0 aromatic rings. The van der Waals surface area contributed by atoms with E-state index in [4.69, 9.17) is 4.74 Å². The van der Waals surface area contributed by atoms with Crippen molar-refractivity contribution in [3.8, 4) is 0 Å². The van der Waals surface area contributed by atoms with Gasteiger partial charge < -0.3 is 10.1 Å². The summed E-state index contributed by atoms with van der Waals surface area (Å²) in [7, 11) is 0. The Morgan fingerprint density at radius 1 is 1.41 bits per heavy atom. The maximum atomic E-state index is 11.4. The maximum Gasteiger partial charge on any atom is 0.243 e. The molecule has 1 aliphatic heterocycles. The van der Waals surface area contributed by atoms with E-state index in [-0.39, 0.29) is 5.91 Å². The predicted molar refractivity (Wildman–Crippen MR) is 69.7 cm³/mol. The highest BCUT2D eigenvalue weighted by molar-refractivity contribution is 5.87. The lowest BCUT2D eigenvalue weighted by atomic mass is 10.1. The van der Waals surface area contributed by atoms with Crippen LogP contribution in [0.4, 0.5) is 0 Å². The van der Waals surface area contributed by atoms with Crippen molar-refractivity contribution in [1.29, 1.82) is 0 Å². The number of carbonyl (C=O) groups is 1. The van der Waals surface area contributed by atoms with Gasteiger partial charge in [-0.2, -0.15) is 0 Å². The van der Waals surface area contributed by atoms with E-state index in [1.54, 1.807) is 6.08 Å². The van der Waals surface area contributed by atoms with E-state index < -0.39 is 0 Å². The molecule has 1 atom stereocenters. The third-order valence-electron chi connectivity index (χ3n) is 2.89. The summed E-state index contributed by atoms with van der Waals surface area (Å²) in [6.07, 6.45) is 10.9. The Morgan fingerprint density at radius 3 is 2.94 bits per heavy atom. The van der Waals surface area contributed by atoms with E-state index in [1.165, 1.54) is 0 Å². The van der Waals surface area contributed by atoms with Crippen LogP contribution in [-0.4, -0.2) is 25.7 Å². The number of amides is 1. The molecule has 0 saturated carbocycles. The fourth-order valence-corrected chi connectivity index (χ4v) is 1.79. The zero-order valence-electron chi connectivity index (χ0n) is 10.5. The number of rotatable bonds is 8. The van der Waals surface area contributed by atoms with Crippen LogP contribution >= 0.6 is 0 Å². The molecule has 0 aliphatic carbocycles. The normalized spacial score (nSPS) is 19.6. The molecule has 1 amide bonds. The summed E-state index contributed by atoms with van der Waals surface area (Å²) in [5, 5.41) is 2.90.